The molecule has 0 nitrogen and oxygen atoms in total. The lowest BCUT2D eigenvalue weighted by molar-refractivity contribution is 0.394. The standard InChI is InChI=1S/C38H36/c1-26-33-25-29(20-21-34(33)38(26,5)36-19-13-12-18-35(36)37(2,3)4)32-23-30(27-14-8-6-9-15-27)22-31(24-32)28-16-10-7-11-17-28/h6-26H,1-5H3. The summed E-state index contributed by atoms with van der Waals surface area (Å²) in [5.41, 5.74) is 13.5. The molecule has 0 heterocycles. The maximum atomic E-state index is 2.44. The van der Waals surface area contributed by atoms with Gasteiger partial charge in [-0.3, -0.25) is 0 Å². The first-order valence-corrected chi connectivity index (χ1v) is 13.8. The highest BCUT2D eigenvalue weighted by Crippen LogP contribution is 2.57. The Bertz CT molecular complexity index is 1540. The van der Waals surface area contributed by atoms with Crippen molar-refractivity contribution in [3.8, 4) is 33.4 Å². The molecule has 0 radical (unpaired) electrons. The van der Waals surface area contributed by atoms with Crippen molar-refractivity contribution < 1.29 is 0 Å². The molecule has 0 fully saturated rings. The quantitative estimate of drug-likeness (QED) is 0.234. The van der Waals surface area contributed by atoms with Crippen molar-refractivity contribution in [2.24, 2.45) is 0 Å². The van der Waals surface area contributed by atoms with Crippen LogP contribution in [0, 0.1) is 0 Å². The van der Waals surface area contributed by atoms with E-state index in [0.717, 1.165) is 0 Å². The Morgan fingerprint density at radius 3 is 1.55 bits per heavy atom. The number of benzene rings is 5. The fourth-order valence-corrected chi connectivity index (χ4v) is 6.40. The van der Waals surface area contributed by atoms with Gasteiger partial charge in [0.05, 0.1) is 0 Å². The van der Waals surface area contributed by atoms with Crippen LogP contribution in [0.5, 0.6) is 0 Å². The van der Waals surface area contributed by atoms with Gasteiger partial charge >= 0.3 is 0 Å². The smallest absolute Gasteiger partial charge is 0.0246 e. The molecule has 0 heteroatoms. The molecule has 5 aromatic rings. The molecule has 2 atom stereocenters. The molecule has 0 bridgehead atoms. The molecule has 0 N–H and O–H groups in total. The van der Waals surface area contributed by atoms with Crippen LogP contribution in [-0.2, 0) is 10.8 Å². The maximum Gasteiger partial charge on any atom is 0.0246 e. The van der Waals surface area contributed by atoms with E-state index in [0.29, 0.717) is 5.92 Å². The van der Waals surface area contributed by atoms with E-state index in [1.54, 1.807) is 0 Å². The van der Waals surface area contributed by atoms with E-state index in [2.05, 4.69) is 156 Å². The Morgan fingerprint density at radius 1 is 0.500 bits per heavy atom. The maximum absolute atomic E-state index is 2.44. The summed E-state index contributed by atoms with van der Waals surface area (Å²) in [6.07, 6.45) is 0. The molecule has 0 spiro atoms. The van der Waals surface area contributed by atoms with Gasteiger partial charge in [0.2, 0.25) is 0 Å². The van der Waals surface area contributed by atoms with Crippen molar-refractivity contribution in [2.75, 3.05) is 0 Å². The zero-order chi connectivity index (χ0) is 26.5. The van der Waals surface area contributed by atoms with E-state index >= 15 is 0 Å². The third-order valence-corrected chi connectivity index (χ3v) is 8.72. The summed E-state index contributed by atoms with van der Waals surface area (Å²) in [5.74, 6) is 0.451. The summed E-state index contributed by atoms with van der Waals surface area (Å²) in [6, 6.07) is 44.7. The van der Waals surface area contributed by atoms with Crippen molar-refractivity contribution >= 4 is 0 Å². The van der Waals surface area contributed by atoms with Gasteiger partial charge in [0.1, 0.15) is 0 Å². The topological polar surface area (TPSA) is 0 Å². The Kier molecular flexibility index (Phi) is 5.88. The minimum absolute atomic E-state index is 0.0266. The first-order valence-electron chi connectivity index (χ1n) is 13.8. The lowest BCUT2D eigenvalue weighted by atomic mass is 9.53. The molecule has 0 amide bonds. The number of fused-ring (bicyclic) bond motifs is 1. The van der Waals surface area contributed by atoms with E-state index in [9.17, 15) is 0 Å². The average molecular weight is 493 g/mol. The lowest BCUT2D eigenvalue weighted by Gasteiger charge is -2.50. The summed E-state index contributed by atoms with van der Waals surface area (Å²) in [5, 5.41) is 0. The predicted molar refractivity (Wildman–Crippen MR) is 163 cm³/mol. The van der Waals surface area contributed by atoms with Gasteiger partial charge in [-0.15, -0.1) is 0 Å². The molecule has 0 aromatic heterocycles. The minimum Gasteiger partial charge on any atom is -0.0622 e. The van der Waals surface area contributed by atoms with Gasteiger partial charge in [-0.1, -0.05) is 138 Å². The van der Waals surface area contributed by atoms with Gasteiger partial charge in [0.15, 0.2) is 0 Å². The zero-order valence-electron chi connectivity index (χ0n) is 23.1. The summed E-state index contributed by atoms with van der Waals surface area (Å²) in [4.78, 5) is 0. The van der Waals surface area contributed by atoms with Crippen LogP contribution in [-0.4, -0.2) is 0 Å². The van der Waals surface area contributed by atoms with E-state index in [4.69, 9.17) is 0 Å². The Morgan fingerprint density at radius 2 is 1.00 bits per heavy atom. The van der Waals surface area contributed by atoms with E-state index in [1.807, 2.05) is 0 Å². The van der Waals surface area contributed by atoms with Crippen molar-refractivity contribution in [3.05, 3.63) is 144 Å². The van der Waals surface area contributed by atoms with Gasteiger partial charge < -0.3 is 0 Å². The highest BCUT2D eigenvalue weighted by molar-refractivity contribution is 5.82. The summed E-state index contributed by atoms with van der Waals surface area (Å²) in [6.45, 7) is 11.8. The van der Waals surface area contributed by atoms with Crippen LogP contribution >= 0.6 is 0 Å². The second kappa shape index (κ2) is 9.14. The van der Waals surface area contributed by atoms with Crippen molar-refractivity contribution in [3.63, 3.8) is 0 Å². The first kappa shape index (κ1) is 24.4. The van der Waals surface area contributed by atoms with Crippen molar-refractivity contribution in [1.82, 2.24) is 0 Å². The second-order valence-electron chi connectivity index (χ2n) is 12.1. The second-order valence-corrected chi connectivity index (χ2v) is 12.1. The van der Waals surface area contributed by atoms with Gasteiger partial charge in [-0.05, 0) is 85.2 Å². The van der Waals surface area contributed by atoms with Crippen LogP contribution in [0.3, 0.4) is 0 Å². The van der Waals surface area contributed by atoms with Gasteiger partial charge in [-0.25, -0.2) is 0 Å². The zero-order valence-corrected chi connectivity index (χ0v) is 23.1. The molecule has 2 unspecified atom stereocenters. The van der Waals surface area contributed by atoms with Gasteiger partial charge in [0.25, 0.3) is 0 Å². The van der Waals surface area contributed by atoms with Crippen molar-refractivity contribution in [2.45, 2.75) is 51.4 Å². The molecule has 38 heavy (non-hydrogen) atoms. The number of rotatable bonds is 4. The van der Waals surface area contributed by atoms with E-state index in [-0.39, 0.29) is 10.8 Å². The average Bonchev–Trinajstić information content (AvgIpc) is 2.96. The van der Waals surface area contributed by atoms with Crippen LogP contribution in [0.1, 0.15) is 62.8 Å². The van der Waals surface area contributed by atoms with Crippen LogP contribution < -0.4 is 0 Å². The van der Waals surface area contributed by atoms with E-state index in [1.165, 1.54) is 55.6 Å². The molecule has 0 saturated heterocycles. The highest BCUT2D eigenvalue weighted by Gasteiger charge is 2.48. The molecule has 6 rings (SSSR count). The predicted octanol–water partition coefficient (Wildman–Crippen LogP) is 10.4. The molecule has 0 saturated carbocycles. The largest absolute Gasteiger partial charge is 0.0622 e. The lowest BCUT2D eigenvalue weighted by Crippen LogP contribution is -2.42. The van der Waals surface area contributed by atoms with Gasteiger partial charge in [0, 0.05) is 5.41 Å². The van der Waals surface area contributed by atoms with Crippen LogP contribution in [0.15, 0.2) is 121 Å². The summed E-state index contributed by atoms with van der Waals surface area (Å²) < 4.78 is 0. The Labute approximate surface area is 228 Å². The molecule has 0 aliphatic heterocycles. The molecule has 188 valence electrons. The number of hydrogen-bond acceptors (Lipinski definition) is 0. The summed E-state index contributed by atoms with van der Waals surface area (Å²) >= 11 is 0. The van der Waals surface area contributed by atoms with Crippen LogP contribution in [0.25, 0.3) is 33.4 Å². The fraction of sp³-hybridized carbons (Fsp3) is 0.211. The number of hydrogen-bond donors (Lipinski definition) is 0. The fourth-order valence-electron chi connectivity index (χ4n) is 6.40. The molecular formula is C38H36. The molecule has 5 aromatic carbocycles. The third-order valence-electron chi connectivity index (χ3n) is 8.72. The van der Waals surface area contributed by atoms with Gasteiger partial charge in [-0.2, -0.15) is 0 Å². The van der Waals surface area contributed by atoms with Crippen LogP contribution in [0.2, 0.25) is 0 Å². The van der Waals surface area contributed by atoms with Crippen molar-refractivity contribution in [1.29, 1.82) is 0 Å². The van der Waals surface area contributed by atoms with Crippen LogP contribution in [0.4, 0.5) is 0 Å². The molecule has 1 aliphatic rings. The van der Waals surface area contributed by atoms with E-state index < -0.39 is 0 Å². The third kappa shape index (κ3) is 4.00. The molecule has 1 aliphatic carbocycles. The Hall–Kier alpha value is -3.90. The minimum atomic E-state index is 0.0266. The Balaban J connectivity index is 1.46. The first-order chi connectivity index (χ1) is 18.3. The monoisotopic (exact) mass is 492 g/mol. The highest BCUT2D eigenvalue weighted by atomic mass is 14.5. The molecular weight excluding hydrogens is 456 g/mol. The normalized spacial score (nSPS) is 18.5. The SMILES string of the molecule is CC1c2cc(-c3cc(-c4ccccc4)cc(-c4ccccc4)c3)ccc2C1(C)c1ccccc1C(C)(C)C. The summed E-state index contributed by atoms with van der Waals surface area (Å²) in [7, 11) is 0.